The summed E-state index contributed by atoms with van der Waals surface area (Å²) in [5.74, 6) is -0.328. The summed E-state index contributed by atoms with van der Waals surface area (Å²) in [4.78, 5) is 15.6. The van der Waals surface area contributed by atoms with Gasteiger partial charge in [-0.3, -0.25) is 0 Å². The van der Waals surface area contributed by atoms with Crippen molar-refractivity contribution < 1.29 is 20.1 Å². The molecule has 0 unspecified atom stereocenters. The van der Waals surface area contributed by atoms with E-state index < -0.39 is 5.97 Å². The molecule has 8 heteroatoms. The zero-order valence-electron chi connectivity index (χ0n) is 19.2. The molecular formula is C28H24N4O4. The Bertz CT molecular complexity index is 1460. The van der Waals surface area contributed by atoms with Crippen molar-refractivity contribution in [3.63, 3.8) is 0 Å². The van der Waals surface area contributed by atoms with Crippen molar-refractivity contribution in [3.05, 3.63) is 114 Å². The molecular weight excluding hydrogens is 456 g/mol. The lowest BCUT2D eigenvalue weighted by Gasteiger charge is -2.07. The number of carboxylic acids is 1. The Kier molecular flexibility index (Phi) is 7.38. The van der Waals surface area contributed by atoms with E-state index in [1.54, 1.807) is 54.6 Å². The number of nitrogens with zero attached hydrogens (tertiary/aromatic N) is 3. The van der Waals surface area contributed by atoms with Gasteiger partial charge in [-0.1, -0.05) is 54.6 Å². The van der Waals surface area contributed by atoms with Crippen LogP contribution >= 0.6 is 0 Å². The lowest BCUT2D eigenvalue weighted by Crippen LogP contribution is -2.02. The molecule has 0 fully saturated rings. The van der Waals surface area contributed by atoms with Gasteiger partial charge in [-0.05, 0) is 54.1 Å². The fraction of sp³-hybridized carbons (Fsp3) is 0.0357. The van der Waals surface area contributed by atoms with E-state index in [9.17, 15) is 15.0 Å². The SMILES string of the molecule is NCc1ccccc1.O=C(O)c1ccc(-n2nc(-c3ccccc3O)nc2-c2ccccc2O)cc1. The molecule has 0 amide bonds. The van der Waals surface area contributed by atoms with Crippen molar-refractivity contribution >= 4 is 5.97 Å². The zero-order valence-corrected chi connectivity index (χ0v) is 19.2. The van der Waals surface area contributed by atoms with Crippen LogP contribution in [0.4, 0.5) is 0 Å². The van der Waals surface area contributed by atoms with Crippen LogP contribution in [0.5, 0.6) is 11.5 Å². The maximum atomic E-state index is 11.1. The van der Waals surface area contributed by atoms with Gasteiger partial charge in [0.25, 0.3) is 0 Å². The standard InChI is InChI=1S/C21H15N3O4.C7H9N/c25-17-7-3-1-5-15(17)19-22-20(16-6-2-4-8-18(16)26)24(23-19)14-11-9-13(10-12-14)21(27)28;8-6-7-4-2-1-3-5-7/h1-12,25-26H,(H,27,28);1-5H,6,8H2. The number of rotatable bonds is 5. The first-order chi connectivity index (χ1) is 17.5. The van der Waals surface area contributed by atoms with Crippen molar-refractivity contribution in [2.75, 3.05) is 0 Å². The number of hydrogen-bond acceptors (Lipinski definition) is 6. The van der Waals surface area contributed by atoms with Crippen LogP contribution in [0.2, 0.25) is 0 Å². The van der Waals surface area contributed by atoms with E-state index in [-0.39, 0.29) is 22.9 Å². The molecule has 0 saturated carbocycles. The first kappa shape index (κ1) is 24.2. The van der Waals surface area contributed by atoms with Crippen LogP contribution in [0.25, 0.3) is 28.5 Å². The number of phenolic OH excluding ortho intramolecular Hbond substituents is 2. The van der Waals surface area contributed by atoms with Gasteiger partial charge in [-0.15, -0.1) is 5.10 Å². The van der Waals surface area contributed by atoms with Gasteiger partial charge in [-0.2, -0.15) is 0 Å². The minimum absolute atomic E-state index is 0.0298. The summed E-state index contributed by atoms with van der Waals surface area (Å²) >= 11 is 0. The van der Waals surface area contributed by atoms with Gasteiger partial charge in [0.2, 0.25) is 0 Å². The third kappa shape index (κ3) is 5.40. The minimum Gasteiger partial charge on any atom is -0.507 e. The summed E-state index contributed by atoms with van der Waals surface area (Å²) in [5.41, 5.74) is 8.15. The quantitative estimate of drug-likeness (QED) is 0.282. The molecule has 0 saturated heterocycles. The largest absolute Gasteiger partial charge is 0.507 e. The maximum Gasteiger partial charge on any atom is 0.335 e. The van der Waals surface area contributed by atoms with E-state index in [0.29, 0.717) is 29.2 Å². The first-order valence-electron chi connectivity index (χ1n) is 11.1. The van der Waals surface area contributed by atoms with Gasteiger partial charge in [0.1, 0.15) is 11.5 Å². The molecule has 180 valence electrons. The molecule has 5 aromatic rings. The molecule has 5 N–H and O–H groups in total. The van der Waals surface area contributed by atoms with E-state index >= 15 is 0 Å². The molecule has 0 aliphatic heterocycles. The Labute approximate surface area is 207 Å². The second-order valence-corrected chi connectivity index (χ2v) is 7.75. The highest BCUT2D eigenvalue weighted by atomic mass is 16.4. The number of aromatic hydroxyl groups is 2. The normalized spacial score (nSPS) is 10.4. The first-order valence-corrected chi connectivity index (χ1v) is 11.1. The Morgan fingerprint density at radius 3 is 1.83 bits per heavy atom. The summed E-state index contributed by atoms with van der Waals surface area (Å²) in [6.45, 7) is 0.640. The number of para-hydroxylation sites is 2. The van der Waals surface area contributed by atoms with Gasteiger partial charge in [0, 0.05) is 6.54 Å². The number of carboxylic acid groups (broad SMARTS) is 1. The van der Waals surface area contributed by atoms with Crippen LogP contribution in [0.1, 0.15) is 15.9 Å². The average Bonchev–Trinajstić information content (AvgIpc) is 3.35. The number of benzene rings is 4. The van der Waals surface area contributed by atoms with Crippen molar-refractivity contribution in [3.8, 4) is 40.0 Å². The third-order valence-electron chi connectivity index (χ3n) is 5.33. The Hall–Kier alpha value is -4.95. The molecule has 1 heterocycles. The second kappa shape index (κ2) is 11.0. The van der Waals surface area contributed by atoms with Gasteiger partial charge in [-0.25, -0.2) is 14.5 Å². The summed E-state index contributed by atoms with van der Waals surface area (Å²) in [6, 6.07) is 29.5. The Morgan fingerprint density at radius 1 is 0.750 bits per heavy atom. The number of carbonyl (C=O) groups is 1. The van der Waals surface area contributed by atoms with E-state index in [0.717, 1.165) is 0 Å². The van der Waals surface area contributed by atoms with Gasteiger partial charge in [0.15, 0.2) is 11.6 Å². The molecule has 0 atom stereocenters. The predicted molar refractivity (Wildman–Crippen MR) is 137 cm³/mol. The summed E-state index contributed by atoms with van der Waals surface area (Å²) < 4.78 is 1.50. The molecule has 8 nitrogen and oxygen atoms in total. The average molecular weight is 481 g/mol. The van der Waals surface area contributed by atoms with E-state index in [2.05, 4.69) is 10.1 Å². The van der Waals surface area contributed by atoms with E-state index in [1.807, 2.05) is 30.3 Å². The Morgan fingerprint density at radius 2 is 1.31 bits per heavy atom. The molecule has 0 aliphatic rings. The molecule has 0 bridgehead atoms. The number of aromatic nitrogens is 3. The fourth-order valence-electron chi connectivity index (χ4n) is 3.47. The maximum absolute atomic E-state index is 11.1. The fourth-order valence-corrected chi connectivity index (χ4v) is 3.47. The number of nitrogens with two attached hydrogens (primary N) is 1. The highest BCUT2D eigenvalue weighted by Gasteiger charge is 2.19. The van der Waals surface area contributed by atoms with Crippen LogP contribution in [0.3, 0.4) is 0 Å². The smallest absolute Gasteiger partial charge is 0.335 e. The summed E-state index contributed by atoms with van der Waals surface area (Å²) in [6.07, 6.45) is 0. The molecule has 36 heavy (non-hydrogen) atoms. The lowest BCUT2D eigenvalue weighted by atomic mass is 10.1. The second-order valence-electron chi connectivity index (χ2n) is 7.75. The highest BCUT2D eigenvalue weighted by Crippen LogP contribution is 2.33. The minimum atomic E-state index is -1.03. The predicted octanol–water partition coefficient (Wildman–Crippen LogP) is 4.86. The van der Waals surface area contributed by atoms with Crippen LogP contribution < -0.4 is 5.73 Å². The van der Waals surface area contributed by atoms with Crippen molar-refractivity contribution in [2.45, 2.75) is 6.54 Å². The molecule has 5 rings (SSSR count). The monoisotopic (exact) mass is 480 g/mol. The zero-order chi connectivity index (χ0) is 25.5. The van der Waals surface area contributed by atoms with E-state index in [1.165, 1.54) is 28.4 Å². The van der Waals surface area contributed by atoms with Crippen molar-refractivity contribution in [2.24, 2.45) is 5.73 Å². The summed E-state index contributed by atoms with van der Waals surface area (Å²) in [7, 11) is 0. The van der Waals surface area contributed by atoms with Crippen LogP contribution in [0.15, 0.2) is 103 Å². The molecule has 0 spiro atoms. The molecule has 0 radical (unpaired) electrons. The topological polar surface area (TPSA) is 134 Å². The van der Waals surface area contributed by atoms with Gasteiger partial charge in [0.05, 0.1) is 22.4 Å². The van der Waals surface area contributed by atoms with Gasteiger partial charge < -0.3 is 21.1 Å². The number of aromatic carboxylic acids is 1. The highest BCUT2D eigenvalue weighted by molar-refractivity contribution is 5.87. The molecule has 1 aromatic heterocycles. The number of hydrogen-bond donors (Lipinski definition) is 4. The summed E-state index contributed by atoms with van der Waals surface area (Å²) in [5, 5.41) is 34.0. The Balaban J connectivity index is 0.000000325. The van der Waals surface area contributed by atoms with Crippen molar-refractivity contribution in [1.82, 2.24) is 14.8 Å². The van der Waals surface area contributed by atoms with E-state index in [4.69, 9.17) is 10.8 Å². The number of phenols is 2. The van der Waals surface area contributed by atoms with Crippen molar-refractivity contribution in [1.29, 1.82) is 0 Å². The van der Waals surface area contributed by atoms with Crippen LogP contribution in [-0.4, -0.2) is 36.1 Å². The molecule has 0 aliphatic carbocycles. The molecule has 4 aromatic carbocycles. The van der Waals surface area contributed by atoms with Crippen LogP contribution in [-0.2, 0) is 6.54 Å². The van der Waals surface area contributed by atoms with Crippen LogP contribution in [0, 0.1) is 0 Å². The third-order valence-corrected chi connectivity index (χ3v) is 5.33. The van der Waals surface area contributed by atoms with Gasteiger partial charge >= 0.3 is 5.97 Å². The lowest BCUT2D eigenvalue weighted by molar-refractivity contribution is 0.0697.